The third-order valence-electron chi connectivity index (χ3n) is 8.93. The summed E-state index contributed by atoms with van der Waals surface area (Å²) in [5.74, 6) is -1.10. The van der Waals surface area contributed by atoms with Gasteiger partial charge >= 0.3 is 0 Å². The highest BCUT2D eigenvalue weighted by Crippen LogP contribution is 2.18. The molecule has 0 aliphatic carbocycles. The topological polar surface area (TPSA) is 141 Å². The first kappa shape index (κ1) is 41.1. The van der Waals surface area contributed by atoms with Crippen molar-refractivity contribution in [2.24, 2.45) is 0 Å². The zero-order chi connectivity index (χ0) is 37.2. The molecule has 12 nitrogen and oxygen atoms in total. The molecular weight excluding hydrogens is 644 g/mol. The van der Waals surface area contributed by atoms with E-state index < -0.39 is 11.8 Å². The molecule has 0 atom stereocenters. The van der Waals surface area contributed by atoms with Crippen LogP contribution in [-0.2, 0) is 22.7 Å². The van der Waals surface area contributed by atoms with Crippen molar-refractivity contribution < 1.29 is 20.0 Å². The van der Waals surface area contributed by atoms with Crippen LogP contribution in [0.25, 0.3) is 34.2 Å². The summed E-state index contributed by atoms with van der Waals surface area (Å²) in [5, 5.41) is 17.0. The number of unbranched alkanes of at least 4 members (excludes halogenated alkanes) is 3. The van der Waals surface area contributed by atoms with E-state index in [2.05, 4.69) is 70.4 Å². The van der Waals surface area contributed by atoms with E-state index in [4.69, 9.17) is 10.4 Å². The first-order valence-corrected chi connectivity index (χ1v) is 18.2. The number of carbonyl (C=O) groups excluding carboxylic acids is 2. The Balaban J connectivity index is 0.000000276. The Hall–Kier alpha value is -4.36. The van der Waals surface area contributed by atoms with Gasteiger partial charge < -0.3 is 9.13 Å². The Morgan fingerprint density at radius 3 is 1.51 bits per heavy atom. The molecule has 2 heterocycles. The number of fused-ring (bicyclic) bond motifs is 2. The smallest absolute Gasteiger partial charge is 0.267 e. The highest BCUT2D eigenvalue weighted by atomic mass is 16.5. The van der Waals surface area contributed by atoms with Crippen molar-refractivity contribution in [3.8, 4) is 0 Å². The molecule has 12 heteroatoms. The van der Waals surface area contributed by atoms with Gasteiger partial charge in [0.15, 0.2) is 0 Å². The van der Waals surface area contributed by atoms with E-state index in [0.29, 0.717) is 12.1 Å². The van der Waals surface area contributed by atoms with E-state index in [0.717, 1.165) is 72.5 Å². The fraction of sp³-hybridized carbons (Fsp3) is 0.487. The quantitative estimate of drug-likeness (QED) is 0.0375. The van der Waals surface area contributed by atoms with Gasteiger partial charge in [0.2, 0.25) is 0 Å². The summed E-state index contributed by atoms with van der Waals surface area (Å²) in [6, 6.07) is 12.9. The average molecular weight is 703 g/mol. The summed E-state index contributed by atoms with van der Waals surface area (Å²) in [6.07, 6.45) is 15.8. The van der Waals surface area contributed by atoms with E-state index in [9.17, 15) is 9.59 Å². The summed E-state index contributed by atoms with van der Waals surface area (Å²) in [5.41, 5.74) is 8.87. The minimum atomic E-state index is -0.550. The molecule has 0 bridgehead atoms. The van der Waals surface area contributed by atoms with Gasteiger partial charge in [0.05, 0.1) is 34.7 Å². The van der Waals surface area contributed by atoms with E-state index in [-0.39, 0.29) is 0 Å². The van der Waals surface area contributed by atoms with Crippen LogP contribution in [0.4, 0.5) is 0 Å². The Morgan fingerprint density at radius 1 is 0.686 bits per heavy atom. The minimum Gasteiger partial charge on any atom is -0.329 e. The van der Waals surface area contributed by atoms with Crippen molar-refractivity contribution in [2.75, 3.05) is 26.2 Å². The summed E-state index contributed by atoms with van der Waals surface area (Å²) in [7, 11) is 0. The number of hydrogen-bond donors (Lipinski definition) is 4. The molecule has 2 aromatic heterocycles. The zero-order valence-electron chi connectivity index (χ0n) is 31.3. The van der Waals surface area contributed by atoms with E-state index in [1.54, 1.807) is 23.1 Å². The molecule has 0 aliphatic heterocycles. The second kappa shape index (κ2) is 21.8. The molecule has 4 aromatic rings. The second-order valence-electron chi connectivity index (χ2n) is 13.3. The third kappa shape index (κ3) is 13.4. The van der Waals surface area contributed by atoms with Gasteiger partial charge in [0.25, 0.3) is 11.8 Å². The summed E-state index contributed by atoms with van der Waals surface area (Å²) >= 11 is 0. The van der Waals surface area contributed by atoms with Gasteiger partial charge in [-0.1, -0.05) is 45.2 Å². The number of nitrogens with one attached hydrogen (secondary N) is 2. The van der Waals surface area contributed by atoms with Crippen LogP contribution in [0.2, 0.25) is 0 Å². The number of imidazole rings is 2. The Kier molecular flexibility index (Phi) is 17.5. The van der Waals surface area contributed by atoms with E-state index in [1.807, 2.05) is 49.1 Å². The highest BCUT2D eigenvalue weighted by molar-refractivity contribution is 5.92. The molecule has 2 aromatic carbocycles. The van der Waals surface area contributed by atoms with Crippen LogP contribution in [0.1, 0.15) is 84.8 Å². The first-order chi connectivity index (χ1) is 24.6. The molecule has 278 valence electrons. The lowest BCUT2D eigenvalue weighted by Gasteiger charge is -2.26. The molecule has 0 radical (unpaired) electrons. The van der Waals surface area contributed by atoms with Crippen molar-refractivity contribution >= 4 is 46.0 Å². The largest absolute Gasteiger partial charge is 0.329 e. The molecular formula is C39H58N8O4. The van der Waals surface area contributed by atoms with Gasteiger partial charge in [-0.2, -0.15) is 0 Å². The predicted molar refractivity (Wildman–Crippen MR) is 205 cm³/mol. The Bertz CT molecular complexity index is 1710. The summed E-state index contributed by atoms with van der Waals surface area (Å²) in [4.78, 5) is 36.1. The number of hydroxylamine groups is 2. The molecule has 0 saturated carbocycles. The van der Waals surface area contributed by atoms with Crippen LogP contribution in [0.3, 0.4) is 0 Å². The number of hydrogen-bond acceptors (Lipinski definition) is 8. The van der Waals surface area contributed by atoms with Crippen molar-refractivity contribution in [1.82, 2.24) is 39.9 Å². The maximum absolute atomic E-state index is 11.1. The number of amides is 2. The first-order valence-electron chi connectivity index (χ1n) is 18.2. The molecule has 4 rings (SSSR count). The summed E-state index contributed by atoms with van der Waals surface area (Å²) in [6.45, 7) is 19.5. The molecule has 4 N–H and O–H groups in total. The van der Waals surface area contributed by atoms with Crippen LogP contribution >= 0.6 is 0 Å². The van der Waals surface area contributed by atoms with Gasteiger partial charge in [0, 0.05) is 50.4 Å². The van der Waals surface area contributed by atoms with Crippen LogP contribution in [0, 0.1) is 0 Å². The Labute approximate surface area is 302 Å². The SMILES string of the molecule is CCCCCN(CCn1cnc2cc(C=CC(=O)NO)ccc21)C(C)C.CCCCN(CCn1cnc2cc(C=CC(=O)NO)ccc21)C(C)C. The highest BCUT2D eigenvalue weighted by Gasteiger charge is 2.12. The molecule has 0 unspecified atom stereocenters. The molecule has 0 fully saturated rings. The molecule has 2 amide bonds. The van der Waals surface area contributed by atoms with Crippen LogP contribution in [-0.4, -0.2) is 89.4 Å². The Morgan fingerprint density at radius 2 is 1.12 bits per heavy atom. The third-order valence-corrected chi connectivity index (χ3v) is 8.93. The van der Waals surface area contributed by atoms with E-state index >= 15 is 0 Å². The maximum atomic E-state index is 11.1. The van der Waals surface area contributed by atoms with Crippen molar-refractivity contribution in [1.29, 1.82) is 0 Å². The number of carbonyl (C=O) groups is 2. The fourth-order valence-electron chi connectivity index (χ4n) is 5.80. The second-order valence-corrected chi connectivity index (χ2v) is 13.3. The standard InChI is InChI=1S/C20H30N4O2.C19H28N4O2/c1-4-5-6-11-23(16(2)3)12-13-24-15-21-18-14-17(7-9-19(18)24)8-10-20(25)22-26;1-4-5-10-22(15(2)3)11-12-23-14-20-17-13-16(6-8-18(17)23)7-9-19(24)21-25/h7-10,14-16,26H,4-6,11-13H2,1-3H3,(H,22,25);6-9,13-15,25H,4-5,10-12H2,1-3H3,(H,21,24). The number of benzene rings is 2. The van der Waals surface area contributed by atoms with Crippen molar-refractivity contribution in [3.63, 3.8) is 0 Å². The molecule has 51 heavy (non-hydrogen) atoms. The molecule has 0 spiro atoms. The predicted octanol–water partition coefficient (Wildman–Crippen LogP) is 6.52. The van der Waals surface area contributed by atoms with Crippen LogP contribution in [0.5, 0.6) is 0 Å². The number of nitrogens with zero attached hydrogens (tertiary/aromatic N) is 6. The lowest BCUT2D eigenvalue weighted by Crippen LogP contribution is -2.34. The summed E-state index contributed by atoms with van der Waals surface area (Å²) < 4.78 is 4.35. The van der Waals surface area contributed by atoms with Crippen molar-refractivity contribution in [2.45, 2.75) is 98.8 Å². The van der Waals surface area contributed by atoms with Gasteiger partial charge in [-0.3, -0.25) is 29.8 Å². The zero-order valence-corrected chi connectivity index (χ0v) is 31.3. The molecule has 0 saturated heterocycles. The van der Waals surface area contributed by atoms with Gasteiger partial charge in [-0.15, -0.1) is 0 Å². The van der Waals surface area contributed by atoms with Crippen LogP contribution < -0.4 is 11.0 Å². The molecule has 0 aliphatic rings. The van der Waals surface area contributed by atoms with Gasteiger partial charge in [0.1, 0.15) is 0 Å². The normalized spacial score (nSPS) is 11.9. The monoisotopic (exact) mass is 702 g/mol. The van der Waals surface area contributed by atoms with Gasteiger partial charge in [-0.05, 0) is 101 Å². The number of aromatic nitrogens is 4. The maximum Gasteiger partial charge on any atom is 0.267 e. The minimum absolute atomic E-state index is 0.538. The lowest BCUT2D eigenvalue weighted by molar-refractivity contribution is -0.124. The van der Waals surface area contributed by atoms with Crippen LogP contribution in [0.15, 0.2) is 61.2 Å². The van der Waals surface area contributed by atoms with E-state index in [1.165, 1.54) is 44.3 Å². The van der Waals surface area contributed by atoms with Gasteiger partial charge in [-0.25, -0.2) is 20.9 Å². The van der Waals surface area contributed by atoms with Crippen molar-refractivity contribution in [3.05, 3.63) is 72.3 Å². The lowest BCUT2D eigenvalue weighted by atomic mass is 10.2. The fourth-order valence-corrected chi connectivity index (χ4v) is 5.80. The number of rotatable bonds is 19. The average Bonchev–Trinajstić information content (AvgIpc) is 3.73.